The molecule has 0 bridgehead atoms. The van der Waals surface area contributed by atoms with E-state index in [4.69, 9.17) is 15.3 Å². The average Bonchev–Trinajstić information content (AvgIpc) is 2.74. The number of ether oxygens (including phenoxy) is 2. The first-order valence-corrected chi connectivity index (χ1v) is 8.85. The minimum atomic E-state index is -0.420. The summed E-state index contributed by atoms with van der Waals surface area (Å²) in [7, 11) is 1.63. The van der Waals surface area contributed by atoms with Crippen LogP contribution in [-0.4, -0.2) is 26.2 Å². The molecule has 6 heteroatoms. The monoisotopic (exact) mass is 379 g/mol. The van der Waals surface area contributed by atoms with Crippen molar-refractivity contribution in [1.29, 1.82) is 0 Å². The first-order valence-electron chi connectivity index (χ1n) is 8.85. The lowest BCUT2D eigenvalue weighted by Crippen LogP contribution is -2.31. The van der Waals surface area contributed by atoms with E-state index in [0.717, 1.165) is 16.7 Å². The van der Waals surface area contributed by atoms with Gasteiger partial charge < -0.3 is 14.9 Å². The molecule has 3 rings (SSSR count). The Labute approximate surface area is 163 Å². The third-order valence-electron chi connectivity index (χ3n) is 4.13. The van der Waals surface area contributed by atoms with E-state index >= 15 is 0 Å². The summed E-state index contributed by atoms with van der Waals surface area (Å²) in [5.41, 5.74) is 5.28. The van der Waals surface area contributed by atoms with Crippen molar-refractivity contribution >= 4 is 11.5 Å². The molecule has 5 nitrogen and oxygen atoms in total. The number of benzene rings is 3. The Bertz CT molecular complexity index is 960. The average molecular weight is 379 g/mol. The fourth-order valence-electron chi connectivity index (χ4n) is 2.81. The zero-order valence-electron chi connectivity index (χ0n) is 15.6. The number of nitrogens with one attached hydrogen (secondary N) is 1. The SMILES string of the molecule is COCCOc1ccccc1-c1ccccc1C(=Nc1ccccc1F)NN. The Morgan fingerprint density at radius 1 is 0.929 bits per heavy atom. The fourth-order valence-corrected chi connectivity index (χ4v) is 2.81. The van der Waals surface area contributed by atoms with Crippen molar-refractivity contribution < 1.29 is 13.9 Å². The number of aliphatic imine (C=N–C) groups is 1. The molecule has 0 aromatic heterocycles. The Hall–Kier alpha value is -3.22. The fraction of sp³-hybridized carbons (Fsp3) is 0.136. The lowest BCUT2D eigenvalue weighted by Gasteiger charge is -2.16. The third-order valence-corrected chi connectivity index (χ3v) is 4.13. The Balaban J connectivity index is 2.06. The molecule has 3 aromatic rings. The summed E-state index contributed by atoms with van der Waals surface area (Å²) in [6, 6.07) is 21.6. The van der Waals surface area contributed by atoms with Gasteiger partial charge in [0.15, 0.2) is 0 Å². The molecule has 0 heterocycles. The van der Waals surface area contributed by atoms with Crippen LogP contribution in [0.1, 0.15) is 5.56 Å². The van der Waals surface area contributed by atoms with Gasteiger partial charge in [0.05, 0.1) is 6.61 Å². The van der Waals surface area contributed by atoms with E-state index in [1.807, 2.05) is 48.5 Å². The highest BCUT2D eigenvalue weighted by Crippen LogP contribution is 2.33. The predicted octanol–water partition coefficient (Wildman–Crippen LogP) is 4.06. The van der Waals surface area contributed by atoms with E-state index in [-0.39, 0.29) is 5.69 Å². The van der Waals surface area contributed by atoms with E-state index in [0.29, 0.717) is 24.8 Å². The second-order valence-electron chi connectivity index (χ2n) is 5.94. The molecule has 0 radical (unpaired) electrons. The molecule has 0 spiro atoms. The number of para-hydroxylation sites is 2. The zero-order valence-corrected chi connectivity index (χ0v) is 15.6. The van der Waals surface area contributed by atoms with Gasteiger partial charge in [-0.3, -0.25) is 0 Å². The number of nitrogens with two attached hydrogens (primary N) is 1. The molecule has 0 fully saturated rings. The molecule has 0 aliphatic heterocycles. The number of rotatable bonds is 7. The van der Waals surface area contributed by atoms with Crippen LogP contribution in [0.5, 0.6) is 5.75 Å². The molecule has 28 heavy (non-hydrogen) atoms. The Morgan fingerprint density at radius 2 is 1.61 bits per heavy atom. The molecule has 0 aliphatic carbocycles. The van der Waals surface area contributed by atoms with Crippen LogP contribution in [0.4, 0.5) is 10.1 Å². The lowest BCUT2D eigenvalue weighted by atomic mass is 9.98. The number of methoxy groups -OCH3 is 1. The topological polar surface area (TPSA) is 68.9 Å². The van der Waals surface area contributed by atoms with Gasteiger partial charge in [-0.05, 0) is 23.8 Å². The molecule has 0 saturated heterocycles. The summed E-state index contributed by atoms with van der Waals surface area (Å²) in [5.74, 6) is 6.39. The van der Waals surface area contributed by atoms with E-state index in [1.165, 1.54) is 6.07 Å². The molecular formula is C22H22FN3O2. The van der Waals surface area contributed by atoms with Gasteiger partial charge in [0, 0.05) is 18.2 Å². The van der Waals surface area contributed by atoms with Crippen molar-refractivity contribution in [2.45, 2.75) is 0 Å². The van der Waals surface area contributed by atoms with Crippen molar-refractivity contribution in [3.63, 3.8) is 0 Å². The Kier molecular flexibility index (Phi) is 6.73. The van der Waals surface area contributed by atoms with Gasteiger partial charge in [-0.1, -0.05) is 54.6 Å². The number of amidine groups is 1. The second kappa shape index (κ2) is 9.64. The normalized spacial score (nSPS) is 11.3. The van der Waals surface area contributed by atoms with E-state index in [9.17, 15) is 4.39 Å². The molecule has 0 saturated carbocycles. The molecule has 0 atom stereocenters. The molecule has 3 aromatic carbocycles. The second-order valence-corrected chi connectivity index (χ2v) is 5.94. The maximum Gasteiger partial charge on any atom is 0.148 e. The van der Waals surface area contributed by atoms with Gasteiger partial charge in [-0.25, -0.2) is 15.2 Å². The summed E-state index contributed by atoms with van der Waals surface area (Å²) < 4.78 is 25.0. The van der Waals surface area contributed by atoms with Gasteiger partial charge in [-0.15, -0.1) is 0 Å². The van der Waals surface area contributed by atoms with Crippen LogP contribution in [0, 0.1) is 5.82 Å². The summed E-state index contributed by atoms with van der Waals surface area (Å²) >= 11 is 0. The zero-order chi connectivity index (χ0) is 19.8. The molecule has 0 amide bonds. The largest absolute Gasteiger partial charge is 0.491 e. The van der Waals surface area contributed by atoms with E-state index in [2.05, 4.69) is 10.4 Å². The highest BCUT2D eigenvalue weighted by molar-refractivity contribution is 6.05. The van der Waals surface area contributed by atoms with Gasteiger partial charge in [0.1, 0.15) is 29.7 Å². The molecule has 3 N–H and O–H groups in total. The van der Waals surface area contributed by atoms with Gasteiger partial charge >= 0.3 is 0 Å². The molecule has 0 aliphatic rings. The van der Waals surface area contributed by atoms with E-state index in [1.54, 1.807) is 25.3 Å². The van der Waals surface area contributed by atoms with Crippen LogP contribution >= 0.6 is 0 Å². The van der Waals surface area contributed by atoms with Crippen LogP contribution in [0.15, 0.2) is 77.8 Å². The highest BCUT2D eigenvalue weighted by Gasteiger charge is 2.14. The summed E-state index contributed by atoms with van der Waals surface area (Å²) in [6.07, 6.45) is 0. The van der Waals surface area contributed by atoms with Crippen molar-refractivity contribution in [3.05, 3.63) is 84.2 Å². The number of halogens is 1. The van der Waals surface area contributed by atoms with Crippen molar-refractivity contribution in [3.8, 4) is 16.9 Å². The quantitative estimate of drug-likeness (QED) is 0.214. The molecule has 0 unspecified atom stereocenters. The van der Waals surface area contributed by atoms with Crippen LogP contribution in [0.3, 0.4) is 0 Å². The maximum atomic E-state index is 14.1. The summed E-state index contributed by atoms with van der Waals surface area (Å²) in [6.45, 7) is 0.918. The molecular weight excluding hydrogens is 357 g/mol. The van der Waals surface area contributed by atoms with Crippen molar-refractivity contribution in [2.75, 3.05) is 20.3 Å². The van der Waals surface area contributed by atoms with Crippen molar-refractivity contribution in [2.24, 2.45) is 10.8 Å². The number of hydrogen-bond donors (Lipinski definition) is 2. The van der Waals surface area contributed by atoms with Gasteiger partial charge in [0.25, 0.3) is 0 Å². The van der Waals surface area contributed by atoms with Crippen LogP contribution in [-0.2, 0) is 4.74 Å². The number of hydrogen-bond acceptors (Lipinski definition) is 4. The smallest absolute Gasteiger partial charge is 0.148 e. The van der Waals surface area contributed by atoms with Crippen LogP contribution < -0.4 is 16.0 Å². The van der Waals surface area contributed by atoms with Crippen molar-refractivity contribution in [1.82, 2.24) is 5.43 Å². The third kappa shape index (κ3) is 4.54. The number of hydrazine groups is 1. The summed E-state index contributed by atoms with van der Waals surface area (Å²) in [5, 5.41) is 0. The summed E-state index contributed by atoms with van der Waals surface area (Å²) in [4.78, 5) is 4.38. The standard InChI is InChI=1S/C22H22FN3O2/c1-27-14-15-28-21-13-7-4-9-17(21)16-8-2-3-10-18(16)22(26-24)25-20-12-6-5-11-19(20)23/h2-13H,14-15,24H2,1H3,(H,25,26). The maximum absolute atomic E-state index is 14.1. The van der Waals surface area contributed by atoms with Crippen LogP contribution in [0.25, 0.3) is 11.1 Å². The minimum absolute atomic E-state index is 0.204. The van der Waals surface area contributed by atoms with Crippen LogP contribution in [0.2, 0.25) is 0 Å². The Morgan fingerprint density at radius 3 is 2.36 bits per heavy atom. The molecule has 144 valence electrons. The predicted molar refractivity (Wildman–Crippen MR) is 109 cm³/mol. The van der Waals surface area contributed by atoms with Gasteiger partial charge in [0.2, 0.25) is 0 Å². The number of nitrogens with zero attached hydrogens (tertiary/aromatic N) is 1. The van der Waals surface area contributed by atoms with E-state index < -0.39 is 5.82 Å². The van der Waals surface area contributed by atoms with Gasteiger partial charge in [-0.2, -0.15) is 0 Å². The lowest BCUT2D eigenvalue weighted by molar-refractivity contribution is 0.146. The first kappa shape index (κ1) is 19.5. The minimum Gasteiger partial charge on any atom is -0.491 e. The first-order chi connectivity index (χ1) is 13.7. The highest BCUT2D eigenvalue weighted by atomic mass is 19.1.